The average molecular weight is 299 g/mol. The lowest BCUT2D eigenvalue weighted by Crippen LogP contribution is -2.27. The second kappa shape index (κ2) is 8.53. The van der Waals surface area contributed by atoms with E-state index in [1.54, 1.807) is 11.8 Å². The molecule has 2 nitrogen and oxygen atoms in total. The predicted octanol–water partition coefficient (Wildman–Crippen LogP) is 3.59. The van der Waals surface area contributed by atoms with E-state index in [9.17, 15) is 4.79 Å². The number of amides is 1. The molecule has 3 heteroatoms. The van der Waals surface area contributed by atoms with Crippen molar-refractivity contribution in [3.8, 4) is 0 Å². The van der Waals surface area contributed by atoms with Gasteiger partial charge in [0.05, 0.1) is 5.75 Å². The van der Waals surface area contributed by atoms with Crippen LogP contribution in [0.25, 0.3) is 0 Å². The molecule has 0 saturated heterocycles. The molecule has 1 N–H and O–H groups in total. The van der Waals surface area contributed by atoms with Gasteiger partial charge in [0.1, 0.15) is 0 Å². The third-order valence-electron chi connectivity index (χ3n) is 3.16. The molecule has 110 valence electrons. The summed E-state index contributed by atoms with van der Waals surface area (Å²) in [4.78, 5) is 11.8. The Kier molecular flexibility index (Phi) is 6.35. The van der Waals surface area contributed by atoms with Crippen molar-refractivity contribution in [2.75, 3.05) is 12.3 Å². The molecule has 21 heavy (non-hydrogen) atoms. The van der Waals surface area contributed by atoms with Gasteiger partial charge >= 0.3 is 0 Å². The van der Waals surface area contributed by atoms with Crippen molar-refractivity contribution in [2.24, 2.45) is 0 Å². The van der Waals surface area contributed by atoms with Gasteiger partial charge < -0.3 is 5.32 Å². The van der Waals surface area contributed by atoms with Gasteiger partial charge in [-0.15, -0.1) is 11.8 Å². The second-order valence-electron chi connectivity index (χ2n) is 5.07. The third-order valence-corrected chi connectivity index (χ3v) is 4.17. The maximum Gasteiger partial charge on any atom is 0.230 e. The Hall–Kier alpha value is -1.74. The van der Waals surface area contributed by atoms with E-state index in [4.69, 9.17) is 0 Å². The first-order valence-electron chi connectivity index (χ1n) is 7.18. The van der Waals surface area contributed by atoms with Gasteiger partial charge in [0.2, 0.25) is 5.91 Å². The van der Waals surface area contributed by atoms with Crippen molar-refractivity contribution in [1.29, 1.82) is 0 Å². The van der Waals surface area contributed by atoms with Gasteiger partial charge in [-0.2, -0.15) is 0 Å². The summed E-state index contributed by atoms with van der Waals surface area (Å²) in [6.45, 7) is 2.79. The van der Waals surface area contributed by atoms with Gasteiger partial charge in [-0.25, -0.2) is 0 Å². The molecule has 2 aromatic rings. The van der Waals surface area contributed by atoms with Crippen LogP contribution in [-0.4, -0.2) is 18.2 Å². The van der Waals surface area contributed by atoms with E-state index in [1.807, 2.05) is 18.2 Å². The summed E-state index contributed by atoms with van der Waals surface area (Å²) in [6.07, 6.45) is 0.884. The fraction of sp³-hybridized carbons (Fsp3) is 0.278. The summed E-state index contributed by atoms with van der Waals surface area (Å²) >= 11 is 1.66. The highest BCUT2D eigenvalue weighted by Crippen LogP contribution is 2.13. The van der Waals surface area contributed by atoms with Crippen LogP contribution in [0.15, 0.2) is 54.6 Å². The van der Waals surface area contributed by atoms with Crippen LogP contribution < -0.4 is 5.32 Å². The Morgan fingerprint density at radius 2 is 1.81 bits per heavy atom. The number of hydrogen-bond acceptors (Lipinski definition) is 2. The molecule has 0 fully saturated rings. The highest BCUT2D eigenvalue weighted by Gasteiger charge is 2.02. The first kappa shape index (κ1) is 15.6. The van der Waals surface area contributed by atoms with Crippen LogP contribution in [0.3, 0.4) is 0 Å². The zero-order valence-electron chi connectivity index (χ0n) is 12.3. The highest BCUT2D eigenvalue weighted by molar-refractivity contribution is 7.99. The van der Waals surface area contributed by atoms with Crippen molar-refractivity contribution in [1.82, 2.24) is 5.32 Å². The van der Waals surface area contributed by atoms with Gasteiger partial charge in [-0.1, -0.05) is 60.2 Å². The number of aryl methyl sites for hydroxylation is 1. The molecule has 0 radical (unpaired) electrons. The smallest absolute Gasteiger partial charge is 0.230 e. The number of nitrogens with one attached hydrogen (secondary N) is 1. The molecule has 0 atom stereocenters. The molecule has 0 aliphatic heterocycles. The van der Waals surface area contributed by atoms with Crippen molar-refractivity contribution >= 4 is 17.7 Å². The lowest BCUT2D eigenvalue weighted by Gasteiger charge is -2.06. The summed E-state index contributed by atoms with van der Waals surface area (Å²) in [7, 11) is 0. The van der Waals surface area contributed by atoms with E-state index in [2.05, 4.69) is 48.6 Å². The molecule has 0 unspecified atom stereocenters. The Balaban J connectivity index is 1.61. The zero-order chi connectivity index (χ0) is 14.9. The summed E-state index contributed by atoms with van der Waals surface area (Å²) < 4.78 is 0. The SMILES string of the molecule is Cc1cccc(CSCC(=O)NCCc2ccccc2)c1. The molecule has 0 bridgehead atoms. The number of hydrogen-bond donors (Lipinski definition) is 1. The molecule has 0 aliphatic rings. The first-order chi connectivity index (χ1) is 10.2. The van der Waals surface area contributed by atoms with Crippen LogP contribution in [0.5, 0.6) is 0 Å². The summed E-state index contributed by atoms with van der Waals surface area (Å²) in [5.74, 6) is 1.51. The predicted molar refractivity (Wildman–Crippen MR) is 90.5 cm³/mol. The summed E-state index contributed by atoms with van der Waals surface area (Å²) in [5.41, 5.74) is 3.79. The highest BCUT2D eigenvalue weighted by atomic mass is 32.2. The molecule has 0 spiro atoms. The van der Waals surface area contributed by atoms with Crippen molar-refractivity contribution in [2.45, 2.75) is 19.1 Å². The van der Waals surface area contributed by atoms with Crippen molar-refractivity contribution in [3.05, 3.63) is 71.3 Å². The number of benzene rings is 2. The van der Waals surface area contributed by atoms with Crippen LogP contribution in [-0.2, 0) is 17.0 Å². The van der Waals surface area contributed by atoms with Gasteiger partial charge in [-0.3, -0.25) is 4.79 Å². The molecule has 0 saturated carbocycles. The second-order valence-corrected chi connectivity index (χ2v) is 6.05. The fourth-order valence-electron chi connectivity index (χ4n) is 2.11. The van der Waals surface area contributed by atoms with Gasteiger partial charge in [-0.05, 0) is 24.5 Å². The number of carbonyl (C=O) groups excluding carboxylic acids is 1. The van der Waals surface area contributed by atoms with Crippen LogP contribution in [0, 0.1) is 6.92 Å². The Morgan fingerprint density at radius 1 is 1.05 bits per heavy atom. The lowest BCUT2D eigenvalue weighted by molar-refractivity contribution is -0.118. The minimum absolute atomic E-state index is 0.114. The van der Waals surface area contributed by atoms with E-state index >= 15 is 0 Å². The van der Waals surface area contributed by atoms with Crippen molar-refractivity contribution < 1.29 is 4.79 Å². The molecular formula is C18H21NOS. The Bertz CT molecular complexity index is 568. The van der Waals surface area contributed by atoms with Crippen LogP contribution in [0.4, 0.5) is 0 Å². The van der Waals surface area contributed by atoms with Gasteiger partial charge in [0.15, 0.2) is 0 Å². The quantitative estimate of drug-likeness (QED) is 0.846. The lowest BCUT2D eigenvalue weighted by atomic mass is 10.1. The monoisotopic (exact) mass is 299 g/mol. The van der Waals surface area contributed by atoms with Crippen LogP contribution in [0.1, 0.15) is 16.7 Å². The van der Waals surface area contributed by atoms with E-state index in [1.165, 1.54) is 16.7 Å². The molecule has 0 aliphatic carbocycles. The maximum atomic E-state index is 11.8. The topological polar surface area (TPSA) is 29.1 Å². The Labute approximate surface area is 131 Å². The molecule has 0 heterocycles. The molecular weight excluding hydrogens is 278 g/mol. The maximum absolute atomic E-state index is 11.8. The zero-order valence-corrected chi connectivity index (χ0v) is 13.2. The van der Waals surface area contributed by atoms with Gasteiger partial charge in [0, 0.05) is 12.3 Å². The number of thioether (sulfide) groups is 1. The molecule has 0 aromatic heterocycles. The minimum Gasteiger partial charge on any atom is -0.355 e. The van der Waals surface area contributed by atoms with Crippen molar-refractivity contribution in [3.63, 3.8) is 0 Å². The average Bonchev–Trinajstić information content (AvgIpc) is 2.48. The number of carbonyl (C=O) groups is 1. The largest absolute Gasteiger partial charge is 0.355 e. The van der Waals surface area contributed by atoms with E-state index in [-0.39, 0.29) is 5.91 Å². The Morgan fingerprint density at radius 3 is 2.57 bits per heavy atom. The fourth-order valence-corrected chi connectivity index (χ4v) is 2.91. The first-order valence-corrected chi connectivity index (χ1v) is 8.33. The summed E-state index contributed by atoms with van der Waals surface area (Å²) in [5, 5.41) is 2.97. The molecule has 2 aromatic carbocycles. The normalized spacial score (nSPS) is 10.3. The van der Waals surface area contributed by atoms with E-state index in [0.29, 0.717) is 12.3 Å². The van der Waals surface area contributed by atoms with E-state index < -0.39 is 0 Å². The molecule has 1 amide bonds. The van der Waals surface area contributed by atoms with Crippen LogP contribution >= 0.6 is 11.8 Å². The number of rotatable bonds is 7. The third kappa shape index (κ3) is 6.05. The standard InChI is InChI=1S/C18H21NOS/c1-15-6-5-9-17(12-15)13-21-14-18(20)19-11-10-16-7-3-2-4-8-16/h2-9,12H,10-11,13-14H2,1H3,(H,19,20). The van der Waals surface area contributed by atoms with Gasteiger partial charge in [0.25, 0.3) is 0 Å². The minimum atomic E-state index is 0.114. The molecule has 2 rings (SSSR count). The van der Waals surface area contributed by atoms with Crippen LogP contribution in [0.2, 0.25) is 0 Å². The summed E-state index contributed by atoms with van der Waals surface area (Å²) in [6, 6.07) is 18.6. The van der Waals surface area contributed by atoms with E-state index in [0.717, 1.165) is 12.2 Å².